The van der Waals surface area contributed by atoms with Crippen molar-refractivity contribution in [2.45, 2.75) is 52.2 Å². The highest BCUT2D eigenvalue weighted by molar-refractivity contribution is 5.81. The molecule has 0 spiro atoms. The fourth-order valence-corrected chi connectivity index (χ4v) is 3.65. The van der Waals surface area contributed by atoms with Gasteiger partial charge >= 0.3 is 0 Å². The number of para-hydroxylation sites is 1. The maximum absolute atomic E-state index is 13.8. The molecular weight excluding hydrogens is 367 g/mol. The molecule has 0 bridgehead atoms. The van der Waals surface area contributed by atoms with E-state index in [0.29, 0.717) is 6.42 Å². The number of rotatable bonds is 7. The second-order valence-corrected chi connectivity index (χ2v) is 7.94. The molecule has 29 heavy (non-hydrogen) atoms. The Morgan fingerprint density at radius 3 is 2.45 bits per heavy atom. The summed E-state index contributed by atoms with van der Waals surface area (Å²) < 4.78 is 19.4. The lowest BCUT2D eigenvalue weighted by molar-refractivity contribution is -0.128. The Labute approximate surface area is 173 Å². The number of halogens is 1. The Bertz CT molecular complexity index is 801. The minimum Gasteiger partial charge on any atom is -0.478 e. The van der Waals surface area contributed by atoms with Crippen LogP contribution in [0.25, 0.3) is 0 Å². The third-order valence-electron chi connectivity index (χ3n) is 5.67. The monoisotopic (exact) mass is 398 g/mol. The SMILES string of the molecule is CC[C@@H](Oc1ccccc1F)C(=O)N[C@H](C)c1ccc(N2CCC(C)CC2)cc1. The van der Waals surface area contributed by atoms with Crippen LogP contribution in [0.1, 0.15) is 51.6 Å². The Morgan fingerprint density at radius 1 is 1.17 bits per heavy atom. The molecule has 0 aliphatic carbocycles. The topological polar surface area (TPSA) is 41.6 Å². The van der Waals surface area contributed by atoms with Crippen LogP contribution >= 0.6 is 0 Å². The first-order chi connectivity index (χ1) is 14.0. The number of piperidine rings is 1. The van der Waals surface area contributed by atoms with Crippen LogP contribution in [-0.2, 0) is 4.79 Å². The Hall–Kier alpha value is -2.56. The van der Waals surface area contributed by atoms with Crippen molar-refractivity contribution in [3.8, 4) is 5.75 Å². The third kappa shape index (κ3) is 5.49. The van der Waals surface area contributed by atoms with Gasteiger partial charge in [0.15, 0.2) is 17.7 Å². The van der Waals surface area contributed by atoms with Crippen LogP contribution in [0.15, 0.2) is 48.5 Å². The van der Waals surface area contributed by atoms with Gasteiger partial charge in [-0.05, 0) is 61.9 Å². The minimum absolute atomic E-state index is 0.0994. The summed E-state index contributed by atoms with van der Waals surface area (Å²) in [5.74, 6) is 0.202. The molecule has 1 N–H and O–H groups in total. The quantitative estimate of drug-likeness (QED) is 0.706. The summed E-state index contributed by atoms with van der Waals surface area (Å²) >= 11 is 0. The highest BCUT2D eigenvalue weighted by Gasteiger charge is 2.22. The third-order valence-corrected chi connectivity index (χ3v) is 5.67. The molecule has 1 amide bonds. The number of carbonyl (C=O) groups is 1. The normalized spacial score (nSPS) is 16.9. The molecule has 1 fully saturated rings. The molecule has 4 nitrogen and oxygen atoms in total. The van der Waals surface area contributed by atoms with E-state index < -0.39 is 11.9 Å². The molecule has 0 radical (unpaired) electrons. The molecule has 1 saturated heterocycles. The van der Waals surface area contributed by atoms with Gasteiger partial charge in [-0.15, -0.1) is 0 Å². The van der Waals surface area contributed by atoms with E-state index >= 15 is 0 Å². The zero-order chi connectivity index (χ0) is 20.8. The average molecular weight is 399 g/mol. The van der Waals surface area contributed by atoms with Gasteiger partial charge in [-0.3, -0.25) is 4.79 Å². The molecular formula is C24H31FN2O2. The van der Waals surface area contributed by atoms with Crippen LogP contribution in [0.5, 0.6) is 5.75 Å². The number of nitrogens with one attached hydrogen (secondary N) is 1. The molecule has 2 atom stereocenters. The molecule has 2 aromatic carbocycles. The number of anilines is 1. The number of benzene rings is 2. The first-order valence-corrected chi connectivity index (χ1v) is 10.5. The van der Waals surface area contributed by atoms with Gasteiger partial charge < -0.3 is 15.0 Å². The van der Waals surface area contributed by atoms with E-state index in [0.717, 1.165) is 24.6 Å². The Balaban J connectivity index is 1.59. The van der Waals surface area contributed by atoms with Crippen molar-refractivity contribution in [1.29, 1.82) is 0 Å². The van der Waals surface area contributed by atoms with Crippen molar-refractivity contribution in [3.05, 3.63) is 59.9 Å². The molecule has 0 saturated carbocycles. The highest BCUT2D eigenvalue weighted by Crippen LogP contribution is 2.25. The molecule has 3 rings (SSSR count). The smallest absolute Gasteiger partial charge is 0.261 e. The van der Waals surface area contributed by atoms with Crippen LogP contribution in [0, 0.1) is 11.7 Å². The lowest BCUT2D eigenvalue weighted by Crippen LogP contribution is -2.39. The largest absolute Gasteiger partial charge is 0.478 e. The average Bonchev–Trinajstić information content (AvgIpc) is 2.73. The molecule has 0 aromatic heterocycles. The highest BCUT2D eigenvalue weighted by atomic mass is 19.1. The van der Waals surface area contributed by atoms with E-state index in [1.807, 2.05) is 13.8 Å². The number of carbonyl (C=O) groups excluding carboxylic acids is 1. The van der Waals surface area contributed by atoms with Crippen LogP contribution in [0.4, 0.5) is 10.1 Å². The van der Waals surface area contributed by atoms with E-state index in [9.17, 15) is 9.18 Å². The maximum Gasteiger partial charge on any atom is 0.261 e. The second-order valence-electron chi connectivity index (χ2n) is 7.94. The van der Waals surface area contributed by atoms with Gasteiger partial charge in [0, 0.05) is 18.8 Å². The summed E-state index contributed by atoms with van der Waals surface area (Å²) in [6.07, 6.45) is 2.19. The molecule has 5 heteroatoms. The van der Waals surface area contributed by atoms with Gasteiger partial charge in [0.25, 0.3) is 5.91 Å². The molecule has 1 aliphatic rings. The van der Waals surface area contributed by atoms with Crippen molar-refractivity contribution in [1.82, 2.24) is 5.32 Å². The fourth-order valence-electron chi connectivity index (χ4n) is 3.65. The molecule has 0 unspecified atom stereocenters. The van der Waals surface area contributed by atoms with Crippen LogP contribution in [0.2, 0.25) is 0 Å². The molecule has 156 valence electrons. The van der Waals surface area contributed by atoms with Crippen LogP contribution in [-0.4, -0.2) is 25.1 Å². The predicted octanol–water partition coefficient (Wildman–Crippen LogP) is 5.10. The molecule has 2 aromatic rings. The summed E-state index contributed by atoms with van der Waals surface area (Å²) in [7, 11) is 0. The van der Waals surface area contributed by atoms with Crippen molar-refractivity contribution >= 4 is 11.6 Å². The van der Waals surface area contributed by atoms with Gasteiger partial charge in [0.05, 0.1) is 6.04 Å². The van der Waals surface area contributed by atoms with E-state index in [4.69, 9.17) is 4.74 Å². The second kappa shape index (κ2) is 9.77. The summed E-state index contributed by atoms with van der Waals surface area (Å²) in [6.45, 7) is 8.30. The van der Waals surface area contributed by atoms with Crippen molar-refractivity contribution in [3.63, 3.8) is 0 Å². The zero-order valence-electron chi connectivity index (χ0n) is 17.5. The Kier molecular flexibility index (Phi) is 7.13. The van der Waals surface area contributed by atoms with E-state index in [1.165, 1.54) is 30.7 Å². The van der Waals surface area contributed by atoms with Crippen LogP contribution < -0.4 is 15.0 Å². The van der Waals surface area contributed by atoms with Crippen molar-refractivity contribution in [2.24, 2.45) is 5.92 Å². The van der Waals surface area contributed by atoms with E-state index in [1.54, 1.807) is 12.1 Å². The van der Waals surface area contributed by atoms with Gasteiger partial charge in [-0.2, -0.15) is 0 Å². The molecule has 1 aliphatic heterocycles. The summed E-state index contributed by atoms with van der Waals surface area (Å²) in [6, 6.07) is 14.4. The minimum atomic E-state index is -0.732. The van der Waals surface area contributed by atoms with Crippen LogP contribution in [0.3, 0.4) is 0 Å². The first kappa shape index (κ1) is 21.2. The number of nitrogens with zero attached hydrogens (tertiary/aromatic N) is 1. The van der Waals surface area contributed by atoms with Gasteiger partial charge in [0.1, 0.15) is 0 Å². The summed E-state index contributed by atoms with van der Waals surface area (Å²) in [5.41, 5.74) is 2.27. The zero-order valence-corrected chi connectivity index (χ0v) is 17.5. The Morgan fingerprint density at radius 2 is 1.83 bits per heavy atom. The fraction of sp³-hybridized carbons (Fsp3) is 0.458. The lowest BCUT2D eigenvalue weighted by Gasteiger charge is -2.32. The van der Waals surface area contributed by atoms with E-state index in [2.05, 4.69) is 41.4 Å². The predicted molar refractivity (Wildman–Crippen MR) is 115 cm³/mol. The number of ether oxygens (including phenoxy) is 1. The van der Waals surface area contributed by atoms with Gasteiger partial charge in [-0.1, -0.05) is 38.1 Å². The van der Waals surface area contributed by atoms with Crippen molar-refractivity contribution in [2.75, 3.05) is 18.0 Å². The molecule has 1 heterocycles. The maximum atomic E-state index is 13.8. The first-order valence-electron chi connectivity index (χ1n) is 10.5. The summed E-state index contributed by atoms with van der Waals surface area (Å²) in [4.78, 5) is 15.1. The standard InChI is InChI=1S/C24H31FN2O2/c1-4-22(29-23-8-6-5-7-21(23)25)24(28)26-18(3)19-9-11-20(12-10-19)27-15-13-17(2)14-16-27/h5-12,17-18,22H,4,13-16H2,1-3H3,(H,26,28)/t18-,22-/m1/s1. The number of hydrogen-bond donors (Lipinski definition) is 1. The van der Waals surface area contributed by atoms with E-state index in [-0.39, 0.29) is 17.7 Å². The van der Waals surface area contributed by atoms with Gasteiger partial charge in [-0.25, -0.2) is 4.39 Å². The lowest BCUT2D eigenvalue weighted by atomic mass is 9.98. The van der Waals surface area contributed by atoms with Gasteiger partial charge in [0.2, 0.25) is 0 Å². The number of hydrogen-bond acceptors (Lipinski definition) is 3. The van der Waals surface area contributed by atoms with Crippen molar-refractivity contribution < 1.29 is 13.9 Å². The number of amides is 1. The summed E-state index contributed by atoms with van der Waals surface area (Å²) in [5, 5.41) is 2.99.